The van der Waals surface area contributed by atoms with Crippen molar-refractivity contribution >= 4 is 27.4 Å². The zero-order valence-electron chi connectivity index (χ0n) is 8.57. The van der Waals surface area contributed by atoms with Crippen molar-refractivity contribution in [1.82, 2.24) is 0 Å². The van der Waals surface area contributed by atoms with Crippen LogP contribution in [0.2, 0.25) is 0 Å². The Bertz CT molecular complexity index is 352. The summed E-state index contributed by atoms with van der Waals surface area (Å²) in [5.41, 5.74) is 0.290. The molecule has 0 aromatic heterocycles. The van der Waals surface area contributed by atoms with Gasteiger partial charge >= 0.3 is 0 Å². The number of benzene rings is 1. The van der Waals surface area contributed by atoms with E-state index < -0.39 is 4.92 Å². The Morgan fingerprint density at radius 1 is 1.47 bits per heavy atom. The van der Waals surface area contributed by atoms with Gasteiger partial charge in [0, 0.05) is 17.7 Å². The number of hydrogen-bond donors (Lipinski definition) is 0. The number of nitro benzene ring substituents is 1. The molecule has 0 fully saturated rings. The average Bonchev–Trinajstić information content (AvgIpc) is 2.30. The second-order valence-corrected chi connectivity index (χ2v) is 2.92. The van der Waals surface area contributed by atoms with Crippen molar-refractivity contribution < 1.29 is 9.72 Å². The Kier molecular flexibility index (Phi) is 6.53. The van der Waals surface area contributed by atoms with E-state index in [0.717, 1.165) is 0 Å². The largest absolute Gasteiger partial charge is 0.293 e. The summed E-state index contributed by atoms with van der Waals surface area (Å²) in [6, 6.07) is 5.67. The number of carbonyl (C=O) groups is 1. The van der Waals surface area contributed by atoms with Gasteiger partial charge in [-0.1, -0.05) is 41.9 Å². The van der Waals surface area contributed by atoms with E-state index in [1.165, 1.54) is 18.2 Å². The van der Waals surface area contributed by atoms with Gasteiger partial charge in [0.25, 0.3) is 5.69 Å². The zero-order valence-corrected chi connectivity index (χ0v) is 10.2. The van der Waals surface area contributed by atoms with Gasteiger partial charge in [-0.2, -0.15) is 0 Å². The molecule has 0 aliphatic heterocycles. The smallest absolute Gasteiger partial charge is 0.270 e. The maximum atomic E-state index is 11.1. The maximum Gasteiger partial charge on any atom is 0.270 e. The molecule has 1 aromatic carbocycles. The minimum Gasteiger partial charge on any atom is -0.293 e. The number of nitrogens with zero attached hydrogens (tertiary/aromatic N) is 1. The van der Waals surface area contributed by atoms with Crippen LogP contribution in [0.15, 0.2) is 24.3 Å². The van der Waals surface area contributed by atoms with Crippen molar-refractivity contribution in [3.63, 3.8) is 0 Å². The van der Waals surface area contributed by atoms with Crippen LogP contribution in [-0.2, 0) is 0 Å². The van der Waals surface area contributed by atoms with E-state index in [2.05, 4.69) is 15.9 Å². The van der Waals surface area contributed by atoms with Gasteiger partial charge in [0.2, 0.25) is 0 Å². The molecule has 0 aliphatic rings. The van der Waals surface area contributed by atoms with Crippen LogP contribution in [0.25, 0.3) is 0 Å². The number of carbonyl (C=O) groups excluding carboxylic acids is 1. The van der Waals surface area contributed by atoms with E-state index in [-0.39, 0.29) is 16.8 Å². The van der Waals surface area contributed by atoms with Gasteiger partial charge in [0.15, 0.2) is 5.78 Å². The van der Waals surface area contributed by atoms with Crippen LogP contribution in [0.5, 0.6) is 0 Å². The number of ketones is 1. The minimum atomic E-state index is -0.523. The Labute approximate surface area is 96.6 Å². The third kappa shape index (κ3) is 4.20. The minimum absolute atomic E-state index is 0.0631. The van der Waals surface area contributed by atoms with Crippen molar-refractivity contribution in [3.05, 3.63) is 39.9 Å². The number of hydrogen-bond acceptors (Lipinski definition) is 3. The lowest BCUT2D eigenvalue weighted by molar-refractivity contribution is -0.384. The van der Waals surface area contributed by atoms with E-state index in [4.69, 9.17) is 0 Å². The lowest BCUT2D eigenvalue weighted by Gasteiger charge is -1.95. The SMILES string of the molecule is CC.O=C(CBr)c1cccc([N+](=O)[O-])c1. The molecule has 1 rings (SSSR count). The van der Waals surface area contributed by atoms with Gasteiger partial charge in [0.1, 0.15) is 0 Å². The summed E-state index contributed by atoms with van der Waals surface area (Å²) >= 11 is 2.99. The Balaban J connectivity index is 0.000000921. The molecule has 0 amide bonds. The number of non-ortho nitro benzene ring substituents is 1. The van der Waals surface area contributed by atoms with Crippen molar-refractivity contribution in [3.8, 4) is 0 Å². The average molecular weight is 274 g/mol. The molecular formula is C10H12BrNO3. The summed E-state index contributed by atoms with van der Waals surface area (Å²) < 4.78 is 0. The molecule has 4 nitrogen and oxygen atoms in total. The van der Waals surface area contributed by atoms with Gasteiger partial charge < -0.3 is 0 Å². The van der Waals surface area contributed by atoms with Gasteiger partial charge in [0.05, 0.1) is 10.3 Å². The van der Waals surface area contributed by atoms with Crippen molar-refractivity contribution in [2.75, 3.05) is 5.33 Å². The molecule has 0 N–H and O–H groups in total. The van der Waals surface area contributed by atoms with E-state index in [9.17, 15) is 14.9 Å². The molecule has 0 spiro atoms. The van der Waals surface area contributed by atoms with Gasteiger partial charge in [-0.15, -0.1) is 0 Å². The van der Waals surface area contributed by atoms with Crippen molar-refractivity contribution in [1.29, 1.82) is 0 Å². The molecule has 0 saturated carbocycles. The molecule has 0 aliphatic carbocycles. The fourth-order valence-electron chi connectivity index (χ4n) is 0.870. The maximum absolute atomic E-state index is 11.1. The molecule has 0 radical (unpaired) electrons. The van der Waals surface area contributed by atoms with Crippen molar-refractivity contribution in [2.45, 2.75) is 13.8 Å². The normalized spacial score (nSPS) is 8.73. The molecule has 0 atom stereocenters. The van der Waals surface area contributed by atoms with Gasteiger partial charge in [-0.25, -0.2) is 0 Å². The third-order valence-electron chi connectivity index (χ3n) is 1.50. The van der Waals surface area contributed by atoms with Crippen LogP contribution in [-0.4, -0.2) is 16.0 Å². The fraction of sp³-hybridized carbons (Fsp3) is 0.300. The first-order valence-corrected chi connectivity index (χ1v) is 5.61. The molecule has 5 heteroatoms. The quantitative estimate of drug-likeness (QED) is 0.368. The highest BCUT2D eigenvalue weighted by molar-refractivity contribution is 9.09. The number of rotatable bonds is 3. The summed E-state index contributed by atoms with van der Waals surface area (Å²) in [5, 5.41) is 10.5. The summed E-state index contributed by atoms with van der Waals surface area (Å²) in [6.45, 7) is 4.00. The zero-order chi connectivity index (χ0) is 11.8. The predicted molar refractivity (Wildman–Crippen MR) is 62.6 cm³/mol. The van der Waals surface area contributed by atoms with Crippen LogP contribution in [0.1, 0.15) is 24.2 Å². The van der Waals surface area contributed by atoms with Crippen LogP contribution >= 0.6 is 15.9 Å². The van der Waals surface area contributed by atoms with Crippen LogP contribution < -0.4 is 0 Å². The molecular weight excluding hydrogens is 262 g/mol. The van der Waals surface area contributed by atoms with Crippen LogP contribution in [0, 0.1) is 10.1 Å². The number of alkyl halides is 1. The number of Topliss-reactive ketones (excluding diaryl/α,β-unsaturated/α-hetero) is 1. The predicted octanol–water partition coefficient (Wildman–Crippen LogP) is 3.20. The highest BCUT2D eigenvalue weighted by Crippen LogP contribution is 2.13. The highest BCUT2D eigenvalue weighted by Gasteiger charge is 2.09. The third-order valence-corrected chi connectivity index (χ3v) is 2.01. The first-order valence-electron chi connectivity index (χ1n) is 4.49. The van der Waals surface area contributed by atoms with E-state index in [1.807, 2.05) is 13.8 Å². The second kappa shape index (κ2) is 7.11. The molecule has 0 saturated heterocycles. The molecule has 82 valence electrons. The van der Waals surface area contributed by atoms with Crippen molar-refractivity contribution in [2.24, 2.45) is 0 Å². The van der Waals surface area contributed by atoms with E-state index in [0.29, 0.717) is 5.56 Å². The highest BCUT2D eigenvalue weighted by atomic mass is 79.9. The molecule has 0 unspecified atom stereocenters. The molecule has 0 heterocycles. The monoisotopic (exact) mass is 273 g/mol. The summed E-state index contributed by atoms with van der Waals surface area (Å²) in [7, 11) is 0. The molecule has 15 heavy (non-hydrogen) atoms. The number of halogens is 1. The first kappa shape index (κ1) is 13.8. The second-order valence-electron chi connectivity index (χ2n) is 2.36. The van der Waals surface area contributed by atoms with Crippen LogP contribution in [0.3, 0.4) is 0 Å². The molecule has 0 bridgehead atoms. The molecule has 1 aromatic rings. The number of nitro groups is 1. The van der Waals surface area contributed by atoms with Crippen LogP contribution in [0.4, 0.5) is 5.69 Å². The summed E-state index contributed by atoms with van der Waals surface area (Å²) in [6.07, 6.45) is 0. The van der Waals surface area contributed by atoms with Gasteiger partial charge in [-0.05, 0) is 0 Å². The topological polar surface area (TPSA) is 60.2 Å². The lowest BCUT2D eigenvalue weighted by atomic mass is 10.1. The fourth-order valence-corrected chi connectivity index (χ4v) is 1.19. The standard InChI is InChI=1S/C8H6BrNO3.C2H6/c9-5-8(11)6-2-1-3-7(4-6)10(12)13;1-2/h1-4H,5H2;1-2H3. The summed E-state index contributed by atoms with van der Waals surface area (Å²) in [5.74, 6) is -0.163. The van der Waals surface area contributed by atoms with Gasteiger partial charge in [-0.3, -0.25) is 14.9 Å². The Hall–Kier alpha value is -1.23. The summed E-state index contributed by atoms with van der Waals surface area (Å²) in [4.78, 5) is 20.9. The lowest BCUT2D eigenvalue weighted by Crippen LogP contribution is -2.00. The first-order chi connectivity index (χ1) is 7.15. The Morgan fingerprint density at radius 2 is 2.07 bits per heavy atom. The Morgan fingerprint density at radius 3 is 2.53 bits per heavy atom. The van der Waals surface area contributed by atoms with E-state index >= 15 is 0 Å². The van der Waals surface area contributed by atoms with E-state index in [1.54, 1.807) is 6.07 Å².